The number of carbonyl (C=O) groups excluding carboxylic acids is 2. The van der Waals surface area contributed by atoms with E-state index < -0.39 is 0 Å². The number of rotatable bonds is 42. The normalized spacial score (nSPS) is 11.1. The second-order valence-electron chi connectivity index (χ2n) is 15.2. The number of ether oxygens (including phenoxy) is 5. The van der Waals surface area contributed by atoms with Gasteiger partial charge in [-0.1, -0.05) is 183 Å². The van der Waals surface area contributed by atoms with Crippen LogP contribution in [0.25, 0.3) is 0 Å². The van der Waals surface area contributed by atoms with E-state index in [1.165, 1.54) is 156 Å². The van der Waals surface area contributed by atoms with Crippen LogP contribution in [-0.2, 0) is 43.0 Å². The third kappa shape index (κ3) is 57.9. The molecule has 0 rings (SSSR count). The number of allylic oxidation sites excluding steroid dienone is 1. The predicted molar refractivity (Wildman–Crippen MR) is 249 cm³/mol. The average molecular weight is 891 g/mol. The van der Waals surface area contributed by atoms with E-state index in [-0.39, 0.29) is 103 Å². The monoisotopic (exact) mass is 891 g/mol. The first kappa shape index (κ1) is 74.3. The molecule has 0 saturated heterocycles. The van der Waals surface area contributed by atoms with E-state index in [2.05, 4.69) is 20.9 Å². The van der Waals surface area contributed by atoms with E-state index in [0.29, 0.717) is 12.8 Å². The van der Waals surface area contributed by atoms with Gasteiger partial charge in [-0.3, -0.25) is 9.59 Å². The van der Waals surface area contributed by atoms with E-state index in [4.69, 9.17) is 19.1 Å². The molecule has 2 atom stereocenters. The van der Waals surface area contributed by atoms with Gasteiger partial charge in [0.2, 0.25) is 0 Å². The van der Waals surface area contributed by atoms with E-state index >= 15 is 0 Å². The Morgan fingerprint density at radius 3 is 0.950 bits per heavy atom. The van der Waals surface area contributed by atoms with Crippen molar-refractivity contribution in [2.45, 2.75) is 246 Å². The molecule has 0 aliphatic heterocycles. The summed E-state index contributed by atoms with van der Waals surface area (Å²) < 4.78 is 25.8. The smallest absolute Gasteiger partial charge is 0.870 e. The Bertz CT molecular complexity index is 817. The molecule has 0 saturated carbocycles. The predicted octanol–water partition coefficient (Wildman–Crippen LogP) is 11.7. The number of unbranched alkanes of at least 4 members (excludes halogenated alkanes) is 25. The molecule has 0 amide bonds. The molecule has 0 bridgehead atoms. The minimum absolute atomic E-state index is 0. The van der Waals surface area contributed by atoms with Crippen LogP contribution >= 0.6 is 0 Å². The Hall–Kier alpha value is -0.0836. The van der Waals surface area contributed by atoms with Crippen molar-refractivity contribution in [1.29, 1.82) is 0 Å². The van der Waals surface area contributed by atoms with Gasteiger partial charge in [0.1, 0.15) is 5.76 Å². The molecule has 0 radical (unpaired) electrons. The summed E-state index contributed by atoms with van der Waals surface area (Å²) in [5.74, 6) is 0.557. The molecule has 0 aromatic rings. The number of hydrogen-bond acceptors (Lipinski definition) is 10. The van der Waals surface area contributed by atoms with Crippen LogP contribution in [0.1, 0.15) is 234 Å². The maximum absolute atomic E-state index is 11.1. The molecular weight excluding hydrogens is 788 g/mol. The number of esters is 2. The van der Waals surface area contributed by atoms with Crippen LogP contribution in [0, 0.1) is 0 Å². The molecule has 0 spiro atoms. The van der Waals surface area contributed by atoms with Crippen LogP contribution in [0.5, 0.6) is 0 Å². The molecular formula is C49H103KO10. The van der Waals surface area contributed by atoms with Crippen molar-refractivity contribution >= 4 is 11.9 Å². The van der Waals surface area contributed by atoms with Crippen molar-refractivity contribution in [1.82, 2.24) is 0 Å². The summed E-state index contributed by atoms with van der Waals surface area (Å²) in [4.78, 5) is 31.5. The zero-order valence-electron chi connectivity index (χ0n) is 38.5. The van der Waals surface area contributed by atoms with Crippen molar-refractivity contribution in [3.8, 4) is 0 Å². The summed E-state index contributed by atoms with van der Waals surface area (Å²) in [6.45, 7) is 4.69. The van der Waals surface area contributed by atoms with Gasteiger partial charge in [-0.05, 0) is 38.5 Å². The summed E-state index contributed by atoms with van der Waals surface area (Å²) in [6.07, 6.45) is 39.8. The summed E-state index contributed by atoms with van der Waals surface area (Å²) in [5.41, 5.74) is 0. The fraction of sp³-hybridized carbons (Fsp3) is 0.918. The SMILES string of the molecule is C.C.C.C=C(CCCCCCCCCCCCCCCCCCCC(=O)OC)OOC.COCCCCCCCCC(OC)C(CCCCCCCC(=O)OC)OC.[K+].[OH-]. The summed E-state index contributed by atoms with van der Waals surface area (Å²) in [5, 5.41) is 0. The van der Waals surface area contributed by atoms with Gasteiger partial charge in [-0.25, -0.2) is 0 Å². The topological polar surface area (TPSA) is 129 Å². The number of carbonyl (C=O) groups is 2. The van der Waals surface area contributed by atoms with Crippen molar-refractivity contribution in [2.24, 2.45) is 0 Å². The van der Waals surface area contributed by atoms with Gasteiger partial charge in [0.05, 0.1) is 33.5 Å². The van der Waals surface area contributed by atoms with E-state index in [9.17, 15) is 9.59 Å². The van der Waals surface area contributed by atoms with Crippen LogP contribution in [0.15, 0.2) is 12.3 Å². The largest absolute Gasteiger partial charge is 1.00 e. The third-order valence-corrected chi connectivity index (χ3v) is 10.5. The molecule has 0 aliphatic rings. The van der Waals surface area contributed by atoms with Gasteiger partial charge in [0, 0.05) is 47.2 Å². The molecule has 10 nitrogen and oxygen atoms in total. The Morgan fingerprint density at radius 2 is 0.683 bits per heavy atom. The van der Waals surface area contributed by atoms with Gasteiger partial charge in [0.25, 0.3) is 0 Å². The van der Waals surface area contributed by atoms with E-state index in [0.717, 1.165) is 76.6 Å². The standard InChI is InChI=1S/C24H46O4.C22H44O5.3CH4.K.H2O/c1-23(28-27-3)21-19-17-15-13-11-9-7-5-4-6-8-10-12-14-16-18-20-22-24(25)26-2;1-24-19-15-11-6-5-8-12-16-20(25-2)21(26-3)17-13-9-7-10-14-18-22(23)27-4;;;;;/h1,4-22H2,2-3H3;20-21H,5-19H2,1-4H3;3*1H4;;1H2/q;;;;;+1;/p-1. The molecule has 0 aliphatic carbocycles. The molecule has 0 heterocycles. The van der Waals surface area contributed by atoms with Crippen LogP contribution in [0.2, 0.25) is 0 Å². The average Bonchev–Trinajstić information content (AvgIpc) is 3.19. The van der Waals surface area contributed by atoms with E-state index in [1.54, 1.807) is 21.3 Å². The maximum Gasteiger partial charge on any atom is 1.00 e. The maximum atomic E-state index is 11.1. The van der Waals surface area contributed by atoms with Crippen LogP contribution in [0.4, 0.5) is 0 Å². The summed E-state index contributed by atoms with van der Waals surface area (Å²) in [7, 11) is 9.79. The zero-order valence-corrected chi connectivity index (χ0v) is 41.6. The van der Waals surface area contributed by atoms with Crippen molar-refractivity contribution < 1.29 is 99.9 Å². The molecule has 0 aromatic heterocycles. The Balaban J connectivity index is -0.000000173. The molecule has 360 valence electrons. The second kappa shape index (κ2) is 63.2. The summed E-state index contributed by atoms with van der Waals surface area (Å²) in [6, 6.07) is 0. The van der Waals surface area contributed by atoms with Crippen LogP contribution < -0.4 is 51.4 Å². The second-order valence-corrected chi connectivity index (χ2v) is 15.2. The molecule has 0 aromatic carbocycles. The fourth-order valence-electron chi connectivity index (χ4n) is 6.96. The van der Waals surface area contributed by atoms with Crippen LogP contribution in [-0.4, -0.2) is 78.9 Å². The first-order valence-corrected chi connectivity index (χ1v) is 22.5. The Labute approximate surface area is 416 Å². The molecule has 0 fully saturated rings. The van der Waals surface area contributed by atoms with Crippen molar-refractivity contribution in [2.75, 3.05) is 49.3 Å². The minimum Gasteiger partial charge on any atom is -0.870 e. The molecule has 60 heavy (non-hydrogen) atoms. The van der Waals surface area contributed by atoms with Crippen molar-refractivity contribution in [3.63, 3.8) is 0 Å². The molecule has 11 heteroatoms. The first-order valence-electron chi connectivity index (χ1n) is 22.5. The van der Waals surface area contributed by atoms with Gasteiger partial charge >= 0.3 is 63.3 Å². The number of methoxy groups -OCH3 is 5. The van der Waals surface area contributed by atoms with Crippen LogP contribution in [0.3, 0.4) is 0 Å². The zero-order chi connectivity index (χ0) is 40.9. The number of hydrogen-bond donors (Lipinski definition) is 0. The van der Waals surface area contributed by atoms with Gasteiger partial charge in [-0.15, -0.1) is 0 Å². The van der Waals surface area contributed by atoms with Gasteiger partial charge in [-0.2, -0.15) is 4.89 Å². The Morgan fingerprint density at radius 1 is 0.417 bits per heavy atom. The first-order chi connectivity index (χ1) is 26.9. The molecule has 2 unspecified atom stereocenters. The molecule has 1 N–H and O–H groups in total. The summed E-state index contributed by atoms with van der Waals surface area (Å²) >= 11 is 0. The van der Waals surface area contributed by atoms with E-state index in [1.807, 2.05) is 0 Å². The third-order valence-electron chi connectivity index (χ3n) is 10.5. The van der Waals surface area contributed by atoms with Crippen molar-refractivity contribution in [3.05, 3.63) is 12.3 Å². The van der Waals surface area contributed by atoms with Gasteiger partial charge in [0.15, 0.2) is 0 Å². The minimum atomic E-state index is -0.104. The van der Waals surface area contributed by atoms with Gasteiger partial charge < -0.3 is 34.0 Å². The Kier molecular flexibility index (Phi) is 78.2. The quantitative estimate of drug-likeness (QED) is 0.0146. The fourth-order valence-corrected chi connectivity index (χ4v) is 6.96.